The summed E-state index contributed by atoms with van der Waals surface area (Å²) in [5.74, 6) is 1.83. The Hall–Kier alpha value is -5.73. The normalized spacial score (nSPS) is 11.4. The van der Waals surface area contributed by atoms with Crippen LogP contribution in [0.25, 0.3) is 0 Å². The molecular weight excluding hydrogens is 1510 g/mol. The Morgan fingerprint density at radius 3 is 0.607 bits per heavy atom. The van der Waals surface area contributed by atoms with E-state index < -0.39 is 0 Å². The zero-order chi connectivity index (χ0) is 84.0. The maximum absolute atomic E-state index is 15.5. The molecule has 0 saturated carbocycles. The first-order valence-electron chi connectivity index (χ1n) is 44.0. The fraction of sp³-hybridized carbons (Fsp3) is 0.767. The van der Waals surface area contributed by atoms with E-state index in [2.05, 4.69) is 20.8 Å². The molecular formula is C90H155N3O24. The summed E-state index contributed by atoms with van der Waals surface area (Å²) in [7, 11) is 8.33. The molecule has 0 saturated heterocycles. The fourth-order valence-electron chi connectivity index (χ4n) is 11.9. The van der Waals surface area contributed by atoms with Crippen molar-refractivity contribution < 1.29 is 114 Å². The Morgan fingerprint density at radius 1 is 0.214 bits per heavy atom. The van der Waals surface area contributed by atoms with Crippen LogP contribution in [-0.2, 0) is 71.1 Å². The van der Waals surface area contributed by atoms with Crippen molar-refractivity contribution in [1.82, 2.24) is 14.7 Å². The third-order valence-electron chi connectivity index (χ3n) is 18.7. The molecule has 27 nitrogen and oxygen atoms in total. The highest BCUT2D eigenvalue weighted by molar-refractivity contribution is 5.97. The Labute approximate surface area is 703 Å². The zero-order valence-electron chi connectivity index (χ0n) is 73.5. The predicted molar refractivity (Wildman–Crippen MR) is 455 cm³/mol. The highest BCUT2D eigenvalue weighted by Gasteiger charge is 2.24. The number of ether oxygens (including phenoxy) is 21. The summed E-state index contributed by atoms with van der Waals surface area (Å²) in [5, 5.41) is 0. The molecule has 0 bridgehead atoms. The number of carbonyl (C=O) groups is 3. The predicted octanol–water partition coefficient (Wildman–Crippen LogP) is 14.5. The molecule has 0 aliphatic carbocycles. The van der Waals surface area contributed by atoms with Gasteiger partial charge >= 0.3 is 0 Å². The molecule has 3 rings (SSSR count). The third-order valence-corrected chi connectivity index (χ3v) is 18.7. The van der Waals surface area contributed by atoms with Crippen LogP contribution in [0.2, 0.25) is 0 Å². The van der Waals surface area contributed by atoms with E-state index in [0.717, 1.165) is 57.8 Å². The van der Waals surface area contributed by atoms with Crippen LogP contribution >= 0.6 is 0 Å². The molecule has 27 heteroatoms. The van der Waals surface area contributed by atoms with E-state index in [4.69, 9.17) is 99.5 Å². The summed E-state index contributed by atoms with van der Waals surface area (Å²) in [6.07, 6.45) is 27.5. The lowest BCUT2D eigenvalue weighted by atomic mass is 10.1. The van der Waals surface area contributed by atoms with Crippen LogP contribution in [0.5, 0.6) is 34.5 Å². The second kappa shape index (κ2) is 77.6. The van der Waals surface area contributed by atoms with Gasteiger partial charge in [0.05, 0.1) is 198 Å². The average molecular weight is 1660 g/mol. The highest BCUT2D eigenvalue weighted by atomic mass is 16.6. The van der Waals surface area contributed by atoms with E-state index in [1.165, 1.54) is 96.3 Å². The van der Waals surface area contributed by atoms with E-state index in [1.54, 1.807) is 105 Å². The monoisotopic (exact) mass is 1660 g/mol. The van der Waals surface area contributed by atoms with Crippen molar-refractivity contribution in [2.75, 3.05) is 280 Å². The molecule has 3 aromatic rings. The topological polar surface area (TPSA) is 255 Å². The van der Waals surface area contributed by atoms with Gasteiger partial charge in [-0.3, -0.25) is 14.4 Å². The lowest BCUT2D eigenvalue weighted by Gasteiger charge is -2.28. The molecule has 0 fully saturated rings. The van der Waals surface area contributed by atoms with Crippen LogP contribution in [-0.4, -0.2) is 312 Å². The summed E-state index contributed by atoms with van der Waals surface area (Å²) in [6.45, 7) is 20.7. The molecule has 0 aliphatic heterocycles. The van der Waals surface area contributed by atoms with Crippen LogP contribution in [0.4, 0.5) is 0 Å². The Balaban J connectivity index is 1.92. The average Bonchev–Trinajstić information content (AvgIpc) is 0.830. The lowest BCUT2D eigenvalue weighted by molar-refractivity contribution is -0.00979. The van der Waals surface area contributed by atoms with Crippen molar-refractivity contribution in [3.8, 4) is 34.5 Å². The van der Waals surface area contributed by atoms with Gasteiger partial charge in [0.2, 0.25) is 0 Å². The van der Waals surface area contributed by atoms with Gasteiger partial charge in [0.25, 0.3) is 17.7 Å². The number of amides is 3. The summed E-state index contributed by atoms with van der Waals surface area (Å²) >= 11 is 0. The molecule has 0 spiro atoms. The third kappa shape index (κ3) is 58.8. The SMILES string of the molecule is CCCCCCCCCCOc1cc(OCCOCCOCCOCCOCCOC)cc(C(=O)N(C)CCN(CCN(C)C(=O)c2cc(OCCCCCCCCCC)cc(OCCOCCOCCOCCOCCOC)c2)C(=O)c2cc(OCCCCCCCCCC)cc(OCCOCCOCCOCCOCCOC)c2)c1. The number of nitrogens with zero attached hydrogens (tertiary/aromatic N) is 3. The van der Waals surface area contributed by atoms with Crippen molar-refractivity contribution in [2.45, 2.75) is 175 Å². The molecule has 0 heterocycles. The first kappa shape index (κ1) is 105. The quantitative estimate of drug-likeness (QED) is 0.0476. The number of rotatable bonds is 87. The van der Waals surface area contributed by atoms with Crippen LogP contribution in [0.15, 0.2) is 54.6 Å². The number of hydrogen-bond donors (Lipinski definition) is 0. The molecule has 3 aromatic carbocycles. The van der Waals surface area contributed by atoms with Crippen LogP contribution < -0.4 is 28.4 Å². The fourth-order valence-corrected chi connectivity index (χ4v) is 11.9. The molecule has 0 aromatic heterocycles. The van der Waals surface area contributed by atoms with Crippen molar-refractivity contribution in [1.29, 1.82) is 0 Å². The maximum atomic E-state index is 15.5. The van der Waals surface area contributed by atoms with Gasteiger partial charge in [-0.05, 0) is 55.7 Å². The summed E-state index contributed by atoms with van der Waals surface area (Å²) in [4.78, 5) is 50.1. The van der Waals surface area contributed by atoms with Gasteiger partial charge in [-0.25, -0.2) is 0 Å². The zero-order valence-corrected chi connectivity index (χ0v) is 73.5. The van der Waals surface area contributed by atoms with Crippen LogP contribution in [0.3, 0.4) is 0 Å². The standard InChI is InChI=1S/C90H155N3O24/c1-9-12-15-18-21-24-27-30-37-112-82-70-79(72-85(76-82)115-67-64-109-61-58-106-55-52-103-49-46-100-43-40-97-6)88(94)91(4)33-35-93(90(96)81-74-84(114-39-32-29-26-23-20-17-14-11-3)78-87(75-81)117-69-66-111-63-60-108-57-54-105-51-48-102-45-42-99-8)36-34-92(5)89(95)80-71-83(113-38-31-28-25-22-19-16-13-10-2)77-86(73-80)116-68-65-110-62-59-107-56-53-104-50-47-101-44-41-98-7/h70-78H,9-69H2,1-8H3. The van der Waals surface area contributed by atoms with E-state index in [9.17, 15) is 9.59 Å². The minimum Gasteiger partial charge on any atom is -0.493 e. The minimum atomic E-state index is -0.356. The van der Waals surface area contributed by atoms with Gasteiger partial charge in [0, 0.05) is 96.5 Å². The molecule has 0 N–H and O–H groups in total. The van der Waals surface area contributed by atoms with Crippen molar-refractivity contribution in [2.24, 2.45) is 0 Å². The summed E-state index contributed by atoms with van der Waals surface area (Å²) in [5.41, 5.74) is 1.00. The number of methoxy groups -OCH3 is 3. The smallest absolute Gasteiger partial charge is 0.254 e. The van der Waals surface area contributed by atoms with Gasteiger partial charge < -0.3 is 114 Å². The van der Waals surface area contributed by atoms with Crippen molar-refractivity contribution >= 4 is 17.7 Å². The lowest BCUT2D eigenvalue weighted by Crippen LogP contribution is -2.43. The van der Waals surface area contributed by atoms with E-state index in [-0.39, 0.29) is 83.5 Å². The second-order valence-electron chi connectivity index (χ2n) is 28.7. The second-order valence-corrected chi connectivity index (χ2v) is 28.7. The maximum Gasteiger partial charge on any atom is 0.254 e. The largest absolute Gasteiger partial charge is 0.493 e. The van der Waals surface area contributed by atoms with Crippen molar-refractivity contribution in [3.63, 3.8) is 0 Å². The first-order chi connectivity index (χ1) is 57.6. The van der Waals surface area contributed by atoms with Crippen LogP contribution in [0.1, 0.15) is 206 Å². The summed E-state index contributed by atoms with van der Waals surface area (Å²) in [6, 6.07) is 15.8. The number of hydrogen-bond acceptors (Lipinski definition) is 24. The van der Waals surface area contributed by atoms with E-state index in [0.29, 0.717) is 230 Å². The number of benzene rings is 3. The molecule has 0 atom stereocenters. The van der Waals surface area contributed by atoms with Gasteiger partial charge in [0.15, 0.2) is 0 Å². The Bertz CT molecular complexity index is 2670. The molecule has 117 heavy (non-hydrogen) atoms. The number of likely N-dealkylation sites (N-methyl/N-ethyl adjacent to an activating group) is 2. The minimum absolute atomic E-state index is 0.0822. The molecule has 3 amide bonds. The first-order valence-corrected chi connectivity index (χ1v) is 44.0. The Morgan fingerprint density at radius 2 is 0.393 bits per heavy atom. The van der Waals surface area contributed by atoms with Gasteiger partial charge in [0.1, 0.15) is 54.3 Å². The van der Waals surface area contributed by atoms with Gasteiger partial charge in [-0.15, -0.1) is 0 Å². The number of unbranched alkanes of at least 4 members (excludes halogenated alkanes) is 21. The highest BCUT2D eigenvalue weighted by Crippen LogP contribution is 2.29. The molecule has 674 valence electrons. The van der Waals surface area contributed by atoms with Gasteiger partial charge in [-0.1, -0.05) is 156 Å². The molecule has 0 aliphatic rings. The van der Waals surface area contributed by atoms with E-state index in [1.807, 2.05) is 0 Å². The van der Waals surface area contributed by atoms with Crippen molar-refractivity contribution in [3.05, 3.63) is 71.3 Å². The van der Waals surface area contributed by atoms with Crippen LogP contribution in [0, 0.1) is 0 Å². The Kier molecular flexibility index (Phi) is 69.9. The summed E-state index contributed by atoms with van der Waals surface area (Å²) < 4.78 is 121. The molecule has 0 radical (unpaired) electrons. The molecule has 0 unspecified atom stereocenters. The van der Waals surface area contributed by atoms with E-state index >= 15 is 4.79 Å². The van der Waals surface area contributed by atoms with Gasteiger partial charge in [-0.2, -0.15) is 0 Å². The number of carbonyl (C=O) groups excluding carboxylic acids is 3.